The van der Waals surface area contributed by atoms with E-state index in [0.717, 1.165) is 0 Å². The lowest BCUT2D eigenvalue weighted by molar-refractivity contribution is 0.0325. The fourth-order valence-corrected chi connectivity index (χ4v) is 1.67. The van der Waals surface area contributed by atoms with Gasteiger partial charge in [-0.1, -0.05) is 6.07 Å². The van der Waals surface area contributed by atoms with Crippen molar-refractivity contribution in [1.29, 1.82) is 0 Å². The molecule has 16 heavy (non-hydrogen) atoms. The highest BCUT2D eigenvalue weighted by molar-refractivity contribution is 5.28. The van der Waals surface area contributed by atoms with Crippen molar-refractivity contribution >= 4 is 0 Å². The number of halogens is 1. The van der Waals surface area contributed by atoms with Crippen molar-refractivity contribution < 1.29 is 18.6 Å². The van der Waals surface area contributed by atoms with Gasteiger partial charge in [0.15, 0.2) is 6.10 Å². The zero-order chi connectivity index (χ0) is 11.5. The van der Waals surface area contributed by atoms with Crippen molar-refractivity contribution in [2.45, 2.75) is 19.1 Å². The SMILES string of the molecule is CO[C@H]1COC[C@@H]1Oc1ccc(C)c(F)c1. The smallest absolute Gasteiger partial charge is 0.150 e. The van der Waals surface area contributed by atoms with Crippen LogP contribution >= 0.6 is 0 Å². The summed E-state index contributed by atoms with van der Waals surface area (Å²) in [5.41, 5.74) is 0.610. The third kappa shape index (κ3) is 2.33. The molecule has 2 atom stereocenters. The second-order valence-corrected chi connectivity index (χ2v) is 3.88. The lowest BCUT2D eigenvalue weighted by Gasteiger charge is -2.18. The summed E-state index contributed by atoms with van der Waals surface area (Å²) in [6.07, 6.45) is -0.239. The lowest BCUT2D eigenvalue weighted by Crippen LogP contribution is -2.31. The van der Waals surface area contributed by atoms with Crippen LogP contribution in [0.5, 0.6) is 5.75 Å². The highest BCUT2D eigenvalue weighted by atomic mass is 19.1. The Hall–Kier alpha value is -1.13. The maximum atomic E-state index is 13.3. The fourth-order valence-electron chi connectivity index (χ4n) is 1.67. The number of methoxy groups -OCH3 is 1. The molecule has 1 aliphatic rings. The molecule has 0 spiro atoms. The van der Waals surface area contributed by atoms with E-state index in [-0.39, 0.29) is 18.0 Å². The van der Waals surface area contributed by atoms with Gasteiger partial charge in [-0.05, 0) is 18.6 Å². The van der Waals surface area contributed by atoms with Crippen LogP contribution in [0.15, 0.2) is 18.2 Å². The van der Waals surface area contributed by atoms with Crippen LogP contribution in [0.1, 0.15) is 5.56 Å². The molecule has 3 nitrogen and oxygen atoms in total. The maximum Gasteiger partial charge on any atom is 0.150 e. The number of hydrogen-bond acceptors (Lipinski definition) is 3. The molecule has 0 aliphatic carbocycles. The fraction of sp³-hybridized carbons (Fsp3) is 0.500. The molecule has 1 aromatic carbocycles. The molecular weight excluding hydrogens is 211 g/mol. The zero-order valence-electron chi connectivity index (χ0n) is 9.40. The Kier molecular flexibility index (Phi) is 3.41. The predicted octanol–water partition coefficient (Wildman–Crippen LogP) is 1.93. The average molecular weight is 226 g/mol. The minimum absolute atomic E-state index is 0.0793. The van der Waals surface area contributed by atoms with Gasteiger partial charge < -0.3 is 14.2 Å². The van der Waals surface area contributed by atoms with E-state index in [0.29, 0.717) is 24.5 Å². The summed E-state index contributed by atoms with van der Waals surface area (Å²) in [5, 5.41) is 0. The molecule has 1 aliphatic heterocycles. The van der Waals surface area contributed by atoms with E-state index in [1.54, 1.807) is 26.2 Å². The van der Waals surface area contributed by atoms with Crippen LogP contribution in [0, 0.1) is 12.7 Å². The van der Waals surface area contributed by atoms with E-state index < -0.39 is 0 Å². The van der Waals surface area contributed by atoms with Crippen molar-refractivity contribution in [3.63, 3.8) is 0 Å². The van der Waals surface area contributed by atoms with Gasteiger partial charge >= 0.3 is 0 Å². The van der Waals surface area contributed by atoms with Crippen LogP contribution in [0.3, 0.4) is 0 Å². The Morgan fingerprint density at radius 2 is 2.06 bits per heavy atom. The van der Waals surface area contributed by atoms with Gasteiger partial charge in [-0.15, -0.1) is 0 Å². The lowest BCUT2D eigenvalue weighted by atomic mass is 10.2. The molecule has 0 amide bonds. The van der Waals surface area contributed by atoms with E-state index in [1.165, 1.54) is 6.07 Å². The molecule has 0 radical (unpaired) electrons. The second kappa shape index (κ2) is 4.80. The molecule has 1 saturated heterocycles. The van der Waals surface area contributed by atoms with Gasteiger partial charge in [-0.3, -0.25) is 0 Å². The highest BCUT2D eigenvalue weighted by Crippen LogP contribution is 2.21. The topological polar surface area (TPSA) is 27.7 Å². The van der Waals surface area contributed by atoms with Crippen LogP contribution in [0.25, 0.3) is 0 Å². The molecule has 1 fully saturated rings. The van der Waals surface area contributed by atoms with Crippen LogP contribution < -0.4 is 4.74 Å². The number of rotatable bonds is 3. The minimum atomic E-state index is -0.259. The molecule has 0 saturated carbocycles. The summed E-state index contributed by atoms with van der Waals surface area (Å²) in [4.78, 5) is 0. The molecule has 0 unspecified atom stereocenters. The predicted molar refractivity (Wildman–Crippen MR) is 57.2 cm³/mol. The zero-order valence-corrected chi connectivity index (χ0v) is 9.40. The van der Waals surface area contributed by atoms with Gasteiger partial charge in [-0.2, -0.15) is 0 Å². The second-order valence-electron chi connectivity index (χ2n) is 3.88. The van der Waals surface area contributed by atoms with Gasteiger partial charge in [0.1, 0.15) is 17.7 Å². The van der Waals surface area contributed by atoms with Crippen LogP contribution in [-0.4, -0.2) is 32.5 Å². The molecule has 2 rings (SSSR count). The van der Waals surface area contributed by atoms with Gasteiger partial charge in [-0.25, -0.2) is 4.39 Å². The Morgan fingerprint density at radius 1 is 1.31 bits per heavy atom. The molecule has 0 aromatic heterocycles. The number of ether oxygens (including phenoxy) is 3. The van der Waals surface area contributed by atoms with Crippen LogP contribution in [0.2, 0.25) is 0 Å². The van der Waals surface area contributed by atoms with E-state index in [2.05, 4.69) is 0 Å². The maximum absolute atomic E-state index is 13.3. The molecule has 1 heterocycles. The van der Waals surface area contributed by atoms with E-state index in [1.807, 2.05) is 0 Å². The normalized spacial score (nSPS) is 24.7. The molecule has 1 aromatic rings. The van der Waals surface area contributed by atoms with Crippen molar-refractivity contribution in [1.82, 2.24) is 0 Å². The summed E-state index contributed by atoms with van der Waals surface area (Å²) in [5.74, 6) is 0.256. The molecular formula is C12H15FO3. The van der Waals surface area contributed by atoms with Gasteiger partial charge in [0.05, 0.1) is 13.2 Å². The van der Waals surface area contributed by atoms with Crippen LogP contribution in [-0.2, 0) is 9.47 Å². The standard InChI is InChI=1S/C12H15FO3/c1-8-3-4-9(5-10(8)13)16-12-7-15-6-11(12)14-2/h3-5,11-12H,6-7H2,1-2H3/t11-,12-/m0/s1. The number of aryl methyl sites for hydroxylation is 1. The van der Waals surface area contributed by atoms with Gasteiger partial charge in [0, 0.05) is 13.2 Å². The molecule has 0 bridgehead atoms. The Bertz CT molecular complexity index is 367. The first-order valence-electron chi connectivity index (χ1n) is 5.24. The van der Waals surface area contributed by atoms with Crippen LogP contribution in [0.4, 0.5) is 4.39 Å². The highest BCUT2D eigenvalue weighted by Gasteiger charge is 2.30. The van der Waals surface area contributed by atoms with E-state index in [9.17, 15) is 4.39 Å². The van der Waals surface area contributed by atoms with Crippen molar-refractivity contribution in [3.8, 4) is 5.75 Å². The largest absolute Gasteiger partial charge is 0.485 e. The van der Waals surface area contributed by atoms with Gasteiger partial charge in [0.2, 0.25) is 0 Å². The molecule has 4 heteroatoms. The first-order valence-corrected chi connectivity index (χ1v) is 5.24. The summed E-state index contributed by atoms with van der Waals surface area (Å²) in [7, 11) is 1.62. The third-order valence-electron chi connectivity index (χ3n) is 2.71. The molecule has 0 N–H and O–H groups in total. The van der Waals surface area contributed by atoms with E-state index >= 15 is 0 Å². The monoisotopic (exact) mass is 226 g/mol. The number of hydrogen-bond donors (Lipinski definition) is 0. The Morgan fingerprint density at radius 3 is 2.75 bits per heavy atom. The average Bonchev–Trinajstić information content (AvgIpc) is 2.71. The minimum Gasteiger partial charge on any atom is -0.485 e. The molecule has 88 valence electrons. The quantitative estimate of drug-likeness (QED) is 0.788. The summed E-state index contributed by atoms with van der Waals surface area (Å²) >= 11 is 0. The van der Waals surface area contributed by atoms with Gasteiger partial charge in [0.25, 0.3) is 0 Å². The van der Waals surface area contributed by atoms with Crippen molar-refractivity contribution in [3.05, 3.63) is 29.6 Å². The summed E-state index contributed by atoms with van der Waals surface area (Å²) in [6, 6.07) is 4.84. The summed E-state index contributed by atoms with van der Waals surface area (Å²) in [6.45, 7) is 2.72. The third-order valence-corrected chi connectivity index (χ3v) is 2.71. The number of benzene rings is 1. The summed E-state index contributed by atoms with van der Waals surface area (Å²) < 4.78 is 29.4. The van der Waals surface area contributed by atoms with E-state index in [4.69, 9.17) is 14.2 Å². The first-order chi connectivity index (χ1) is 7.70. The Balaban J connectivity index is 2.05. The first kappa shape index (κ1) is 11.4. The van der Waals surface area contributed by atoms with Crippen molar-refractivity contribution in [2.24, 2.45) is 0 Å². The van der Waals surface area contributed by atoms with Crippen molar-refractivity contribution in [2.75, 3.05) is 20.3 Å². The Labute approximate surface area is 94.1 Å².